The van der Waals surface area contributed by atoms with E-state index in [1.807, 2.05) is 0 Å². The molecule has 2 aromatic rings. The van der Waals surface area contributed by atoms with Crippen molar-refractivity contribution in [1.82, 2.24) is 4.98 Å². The molecule has 4 nitrogen and oxygen atoms in total. The van der Waals surface area contributed by atoms with Crippen molar-refractivity contribution in [3.8, 4) is 5.75 Å². The number of hydrogen-bond donors (Lipinski definition) is 0. The topological polar surface area (TPSA) is 56.3 Å². The highest BCUT2D eigenvalue weighted by Crippen LogP contribution is 2.27. The largest absolute Gasteiger partial charge is 0.490 e. The fraction of sp³-hybridized carbons (Fsp3) is 0.154. The number of aromatic nitrogens is 1. The third kappa shape index (κ3) is 3.89. The molecule has 0 atom stereocenters. The summed E-state index contributed by atoms with van der Waals surface area (Å²) in [4.78, 5) is 3.13. The fourth-order valence-corrected chi connectivity index (χ4v) is 2.52. The molecule has 21 heavy (non-hydrogen) atoms. The van der Waals surface area contributed by atoms with Gasteiger partial charge in [0.05, 0.1) is 6.61 Å². The lowest BCUT2D eigenvalue weighted by molar-refractivity contribution is 0.296. The Labute approximate surface area is 124 Å². The zero-order valence-electron chi connectivity index (χ0n) is 10.6. The molecule has 0 fully saturated rings. The molecule has 0 spiro atoms. The van der Waals surface area contributed by atoms with Gasteiger partial charge in [0, 0.05) is 29.0 Å². The molecule has 0 aliphatic heterocycles. The Balaban J connectivity index is 2.10. The van der Waals surface area contributed by atoms with Crippen molar-refractivity contribution in [3.05, 3.63) is 53.9 Å². The number of rotatable bonds is 5. The van der Waals surface area contributed by atoms with Crippen LogP contribution >= 0.6 is 10.7 Å². The van der Waals surface area contributed by atoms with Gasteiger partial charge in [-0.2, -0.15) is 4.39 Å². The van der Waals surface area contributed by atoms with E-state index in [4.69, 9.17) is 15.4 Å². The Morgan fingerprint density at radius 1 is 1.14 bits per heavy atom. The first kappa shape index (κ1) is 15.7. The van der Waals surface area contributed by atoms with Crippen LogP contribution in [-0.2, 0) is 15.5 Å². The molecule has 0 saturated heterocycles. The molecule has 8 heteroatoms. The molecule has 0 bridgehead atoms. The predicted octanol–water partition coefficient (Wildman–Crippen LogP) is 2.91. The van der Waals surface area contributed by atoms with Crippen molar-refractivity contribution in [2.45, 2.75) is 11.3 Å². The van der Waals surface area contributed by atoms with Crippen LogP contribution in [0.1, 0.15) is 5.69 Å². The van der Waals surface area contributed by atoms with E-state index in [9.17, 15) is 17.2 Å². The molecule has 0 aliphatic carbocycles. The summed E-state index contributed by atoms with van der Waals surface area (Å²) < 4.78 is 54.4. The van der Waals surface area contributed by atoms with Gasteiger partial charge in [-0.25, -0.2) is 12.8 Å². The summed E-state index contributed by atoms with van der Waals surface area (Å²) in [7, 11) is 0.644. The first-order valence-corrected chi connectivity index (χ1v) is 8.16. The summed E-state index contributed by atoms with van der Waals surface area (Å²) in [5.41, 5.74) is 0.735. The third-order valence-corrected chi connectivity index (χ3v) is 3.96. The number of halogens is 3. The van der Waals surface area contributed by atoms with Crippen LogP contribution in [0.3, 0.4) is 0 Å². The Bertz CT molecular complexity index is 739. The van der Waals surface area contributed by atoms with Gasteiger partial charge in [-0.1, -0.05) is 6.07 Å². The van der Waals surface area contributed by atoms with Crippen LogP contribution in [0.2, 0.25) is 0 Å². The second-order valence-electron chi connectivity index (χ2n) is 4.05. The summed E-state index contributed by atoms with van der Waals surface area (Å²) in [6.07, 6.45) is 2.01. The van der Waals surface area contributed by atoms with E-state index in [2.05, 4.69) is 4.98 Å². The number of hydrogen-bond acceptors (Lipinski definition) is 4. The summed E-state index contributed by atoms with van der Waals surface area (Å²) in [5.74, 6) is -3.33. The van der Waals surface area contributed by atoms with Gasteiger partial charge in [-0.15, -0.1) is 0 Å². The SMILES string of the molecule is O=S(=O)(Cl)c1ccc(OCCc2ccccn2)c(F)c1F. The molecule has 0 N–H and O–H groups in total. The lowest BCUT2D eigenvalue weighted by Gasteiger charge is -2.08. The molecule has 1 aromatic heterocycles. The average Bonchev–Trinajstić information content (AvgIpc) is 2.43. The number of nitrogens with zero attached hydrogens (tertiary/aromatic N) is 1. The van der Waals surface area contributed by atoms with E-state index in [-0.39, 0.29) is 12.4 Å². The molecular weight excluding hydrogens is 324 g/mol. The highest BCUT2D eigenvalue weighted by atomic mass is 35.7. The molecule has 0 amide bonds. The second kappa shape index (κ2) is 6.36. The van der Waals surface area contributed by atoms with Crippen molar-refractivity contribution in [1.29, 1.82) is 0 Å². The fourth-order valence-electron chi connectivity index (χ4n) is 1.63. The lowest BCUT2D eigenvalue weighted by atomic mass is 10.3. The van der Waals surface area contributed by atoms with Crippen LogP contribution in [0.5, 0.6) is 5.75 Å². The number of benzene rings is 1. The molecule has 0 aliphatic rings. The molecule has 112 valence electrons. The number of pyridine rings is 1. The predicted molar refractivity (Wildman–Crippen MR) is 72.8 cm³/mol. The molecular formula is C13H10ClF2NO3S. The van der Waals surface area contributed by atoms with Crippen molar-refractivity contribution < 1.29 is 21.9 Å². The van der Waals surface area contributed by atoms with Crippen molar-refractivity contribution in [2.75, 3.05) is 6.61 Å². The zero-order chi connectivity index (χ0) is 15.5. The minimum absolute atomic E-state index is 0.0698. The highest BCUT2D eigenvalue weighted by Gasteiger charge is 2.22. The maximum Gasteiger partial charge on any atom is 0.264 e. The Kier molecular flexibility index (Phi) is 4.74. The quantitative estimate of drug-likeness (QED) is 0.789. The number of ether oxygens (including phenoxy) is 1. The van der Waals surface area contributed by atoms with Crippen LogP contribution in [0.25, 0.3) is 0 Å². The van der Waals surface area contributed by atoms with E-state index in [0.29, 0.717) is 6.42 Å². The molecule has 1 heterocycles. The Morgan fingerprint density at radius 2 is 1.90 bits per heavy atom. The Hall–Kier alpha value is -1.73. The van der Waals surface area contributed by atoms with E-state index in [0.717, 1.165) is 17.8 Å². The van der Waals surface area contributed by atoms with E-state index in [1.54, 1.807) is 24.4 Å². The van der Waals surface area contributed by atoms with Gasteiger partial charge in [0.25, 0.3) is 9.05 Å². The summed E-state index contributed by atoms with van der Waals surface area (Å²) in [6, 6.07) is 7.19. The average molecular weight is 334 g/mol. The second-order valence-corrected chi connectivity index (χ2v) is 6.58. The van der Waals surface area contributed by atoms with Crippen molar-refractivity contribution in [3.63, 3.8) is 0 Å². The highest BCUT2D eigenvalue weighted by molar-refractivity contribution is 8.13. The molecule has 0 saturated carbocycles. The van der Waals surface area contributed by atoms with E-state index < -0.39 is 25.6 Å². The third-order valence-electron chi connectivity index (χ3n) is 2.62. The van der Waals surface area contributed by atoms with Gasteiger partial charge >= 0.3 is 0 Å². The van der Waals surface area contributed by atoms with Gasteiger partial charge in [-0.05, 0) is 24.3 Å². The molecule has 2 rings (SSSR count). The van der Waals surface area contributed by atoms with Gasteiger partial charge < -0.3 is 4.74 Å². The zero-order valence-corrected chi connectivity index (χ0v) is 12.2. The first-order chi connectivity index (χ1) is 9.89. The van der Waals surface area contributed by atoms with Gasteiger partial charge in [0.1, 0.15) is 4.90 Å². The normalized spacial score (nSPS) is 11.4. The van der Waals surface area contributed by atoms with Crippen LogP contribution < -0.4 is 4.74 Å². The van der Waals surface area contributed by atoms with Crippen LogP contribution in [0.15, 0.2) is 41.4 Å². The summed E-state index contributed by atoms with van der Waals surface area (Å²) in [6.45, 7) is 0.0698. The van der Waals surface area contributed by atoms with Gasteiger partial charge in [0.15, 0.2) is 11.6 Å². The van der Waals surface area contributed by atoms with Crippen LogP contribution in [0.4, 0.5) is 8.78 Å². The molecule has 0 radical (unpaired) electrons. The minimum Gasteiger partial charge on any atom is -0.490 e. The summed E-state index contributed by atoms with van der Waals surface area (Å²) >= 11 is 0. The van der Waals surface area contributed by atoms with Crippen molar-refractivity contribution in [2.24, 2.45) is 0 Å². The van der Waals surface area contributed by atoms with E-state index in [1.165, 1.54) is 0 Å². The molecule has 0 unspecified atom stereocenters. The Morgan fingerprint density at radius 3 is 2.52 bits per heavy atom. The maximum absolute atomic E-state index is 13.7. The smallest absolute Gasteiger partial charge is 0.264 e. The molecule has 1 aromatic carbocycles. The minimum atomic E-state index is -4.34. The monoisotopic (exact) mass is 333 g/mol. The van der Waals surface area contributed by atoms with Crippen molar-refractivity contribution >= 4 is 19.7 Å². The van der Waals surface area contributed by atoms with E-state index >= 15 is 0 Å². The summed E-state index contributed by atoms with van der Waals surface area (Å²) in [5, 5.41) is 0. The van der Waals surface area contributed by atoms with Gasteiger partial charge in [0.2, 0.25) is 5.82 Å². The van der Waals surface area contributed by atoms with Crippen LogP contribution in [0, 0.1) is 11.6 Å². The standard InChI is InChI=1S/C13H10ClF2NO3S/c14-21(18,19)11-5-4-10(12(15)13(11)16)20-8-6-9-3-1-2-7-17-9/h1-5,7H,6,8H2. The first-order valence-electron chi connectivity index (χ1n) is 5.85. The maximum atomic E-state index is 13.7. The lowest BCUT2D eigenvalue weighted by Crippen LogP contribution is -2.06. The van der Waals surface area contributed by atoms with Crippen LogP contribution in [-0.4, -0.2) is 20.0 Å². The van der Waals surface area contributed by atoms with Gasteiger partial charge in [-0.3, -0.25) is 4.98 Å².